The number of benzene rings is 3. The summed E-state index contributed by atoms with van der Waals surface area (Å²) >= 11 is 31.0. The van der Waals surface area contributed by atoms with E-state index in [9.17, 15) is 18.4 Å². The third-order valence-corrected chi connectivity index (χ3v) is 7.69. The third kappa shape index (κ3) is 5.09. The van der Waals surface area contributed by atoms with Gasteiger partial charge in [0.2, 0.25) is 5.91 Å². The number of amides is 2. The van der Waals surface area contributed by atoms with Crippen LogP contribution in [-0.4, -0.2) is 23.2 Å². The predicted octanol–water partition coefficient (Wildman–Crippen LogP) is 7.73. The minimum atomic E-state index is -1.37. The van der Waals surface area contributed by atoms with Crippen LogP contribution in [0, 0.1) is 17.6 Å². The number of hydrogen-bond acceptors (Lipinski definition) is 2. The number of carbonyl (C=O) groups is 2. The van der Waals surface area contributed by atoms with Crippen molar-refractivity contribution < 1.29 is 18.4 Å². The molecule has 1 N–H and O–H groups in total. The summed E-state index contributed by atoms with van der Waals surface area (Å²) in [5.41, 5.74) is 0.757. The Labute approximate surface area is 224 Å². The van der Waals surface area contributed by atoms with E-state index in [0.29, 0.717) is 21.7 Å². The van der Waals surface area contributed by atoms with Gasteiger partial charge in [0.05, 0.1) is 32.2 Å². The van der Waals surface area contributed by atoms with E-state index in [2.05, 4.69) is 5.32 Å². The van der Waals surface area contributed by atoms with Crippen LogP contribution in [0.25, 0.3) is 0 Å². The fourth-order valence-corrected chi connectivity index (χ4v) is 5.14. The van der Waals surface area contributed by atoms with Gasteiger partial charge in [-0.05, 0) is 48.0 Å². The molecular formula is C24H15Cl5F2N2O2. The molecule has 2 amide bonds. The maximum absolute atomic E-state index is 14.2. The van der Waals surface area contributed by atoms with Crippen molar-refractivity contribution >= 4 is 81.2 Å². The Hall–Kier alpha value is -2.09. The van der Waals surface area contributed by atoms with E-state index in [4.69, 9.17) is 58.0 Å². The molecule has 0 saturated heterocycles. The highest BCUT2D eigenvalue weighted by Crippen LogP contribution is 2.65. The van der Waals surface area contributed by atoms with Crippen molar-refractivity contribution in [1.82, 2.24) is 0 Å². The molecule has 3 aromatic rings. The second kappa shape index (κ2) is 9.75. The first-order chi connectivity index (χ1) is 16.4. The second-order valence-corrected chi connectivity index (χ2v) is 10.6. The first-order valence-electron chi connectivity index (χ1n) is 10.1. The molecule has 1 saturated carbocycles. The number of rotatable bonds is 5. The summed E-state index contributed by atoms with van der Waals surface area (Å²) in [6.07, 6.45) is 0. The van der Waals surface area contributed by atoms with Gasteiger partial charge >= 0.3 is 0 Å². The van der Waals surface area contributed by atoms with E-state index in [-0.39, 0.29) is 22.0 Å². The predicted molar refractivity (Wildman–Crippen MR) is 136 cm³/mol. The van der Waals surface area contributed by atoms with Gasteiger partial charge in [0.25, 0.3) is 5.91 Å². The van der Waals surface area contributed by atoms with Crippen LogP contribution in [0.1, 0.15) is 21.8 Å². The van der Waals surface area contributed by atoms with E-state index < -0.39 is 39.6 Å². The summed E-state index contributed by atoms with van der Waals surface area (Å²) in [7, 11) is 1.32. The molecule has 182 valence electrons. The molecule has 0 spiro atoms. The number of alkyl halides is 2. The minimum absolute atomic E-state index is 0.00414. The van der Waals surface area contributed by atoms with Gasteiger partial charge < -0.3 is 10.2 Å². The van der Waals surface area contributed by atoms with E-state index >= 15 is 0 Å². The van der Waals surface area contributed by atoms with Crippen LogP contribution in [-0.2, 0) is 4.79 Å². The van der Waals surface area contributed by atoms with Crippen molar-refractivity contribution in [1.29, 1.82) is 0 Å². The Bertz CT molecular complexity index is 1350. The average Bonchev–Trinajstić information content (AvgIpc) is 3.38. The lowest BCUT2D eigenvalue weighted by molar-refractivity contribution is -0.117. The highest BCUT2D eigenvalue weighted by atomic mass is 35.5. The molecule has 4 rings (SSSR count). The molecule has 4 nitrogen and oxygen atoms in total. The van der Waals surface area contributed by atoms with Crippen molar-refractivity contribution in [2.75, 3.05) is 17.3 Å². The van der Waals surface area contributed by atoms with Gasteiger partial charge in [-0.1, -0.05) is 40.9 Å². The zero-order valence-electron chi connectivity index (χ0n) is 17.8. The Morgan fingerprint density at radius 2 is 1.60 bits per heavy atom. The van der Waals surface area contributed by atoms with Gasteiger partial charge in [0.15, 0.2) is 0 Å². The second-order valence-electron chi connectivity index (χ2n) is 7.95. The molecule has 0 aromatic heterocycles. The average molecular weight is 579 g/mol. The zero-order chi connectivity index (χ0) is 25.7. The molecule has 1 aliphatic carbocycles. The lowest BCUT2D eigenvalue weighted by Crippen LogP contribution is -2.27. The van der Waals surface area contributed by atoms with Gasteiger partial charge in [-0.15, -0.1) is 23.2 Å². The van der Waals surface area contributed by atoms with Crippen molar-refractivity contribution in [2.24, 2.45) is 5.92 Å². The van der Waals surface area contributed by atoms with Crippen molar-refractivity contribution in [3.8, 4) is 0 Å². The van der Waals surface area contributed by atoms with Gasteiger partial charge in [0.1, 0.15) is 16.0 Å². The molecule has 1 aliphatic rings. The van der Waals surface area contributed by atoms with Crippen molar-refractivity contribution in [3.63, 3.8) is 0 Å². The number of hydrogen-bond donors (Lipinski definition) is 1. The third-order valence-electron chi connectivity index (χ3n) is 5.68. The Balaban J connectivity index is 1.54. The normalized spacial score (nSPS) is 18.2. The van der Waals surface area contributed by atoms with Crippen LogP contribution in [0.3, 0.4) is 0 Å². The maximum Gasteiger partial charge on any atom is 0.259 e. The van der Waals surface area contributed by atoms with E-state index in [0.717, 1.165) is 17.0 Å². The monoisotopic (exact) mass is 576 g/mol. The summed E-state index contributed by atoms with van der Waals surface area (Å²) in [5, 5.41) is 3.43. The van der Waals surface area contributed by atoms with Crippen LogP contribution in [0.4, 0.5) is 20.2 Å². The molecule has 0 heterocycles. The van der Waals surface area contributed by atoms with E-state index in [1.54, 1.807) is 18.2 Å². The Kier molecular flexibility index (Phi) is 7.24. The number of nitrogens with zero attached hydrogens (tertiary/aromatic N) is 1. The first kappa shape index (κ1) is 26.0. The fourth-order valence-electron chi connectivity index (χ4n) is 3.80. The summed E-state index contributed by atoms with van der Waals surface area (Å²) in [6, 6.07) is 12.0. The SMILES string of the molecule is CN(C(=O)c1cc(NC(=O)C2C(c3ccc(Cl)c(Cl)c3)C2(Cl)Cl)ccc1Cl)c1ccc(F)cc1F. The molecule has 2 unspecified atom stereocenters. The van der Waals surface area contributed by atoms with Gasteiger partial charge in [-0.2, -0.15) is 0 Å². The van der Waals surface area contributed by atoms with Crippen LogP contribution in [0.5, 0.6) is 0 Å². The standard InChI is InChI=1S/C24H15Cl5F2N2O2/c1-33(19-7-3-12(30)9-18(19)31)23(35)14-10-13(4-6-15(14)25)32-22(34)21-20(24(21,28)29)11-2-5-16(26)17(27)8-11/h2-10,20-21H,1H3,(H,32,34). The van der Waals surface area contributed by atoms with Crippen molar-refractivity contribution in [2.45, 2.75) is 10.3 Å². The number of nitrogens with one attached hydrogen (secondary N) is 1. The van der Waals surface area contributed by atoms with Gasteiger partial charge in [-0.25, -0.2) is 8.78 Å². The summed E-state index contributed by atoms with van der Waals surface area (Å²) in [6.45, 7) is 0. The van der Waals surface area contributed by atoms with E-state index in [1.807, 2.05) is 0 Å². The summed E-state index contributed by atoms with van der Waals surface area (Å²) in [5.74, 6) is -4.16. The lowest BCUT2D eigenvalue weighted by Gasteiger charge is -2.19. The van der Waals surface area contributed by atoms with Crippen molar-refractivity contribution in [3.05, 3.63) is 92.4 Å². The molecule has 0 aliphatic heterocycles. The molecule has 0 radical (unpaired) electrons. The smallest absolute Gasteiger partial charge is 0.259 e. The van der Waals surface area contributed by atoms with E-state index in [1.165, 1.54) is 25.2 Å². The Morgan fingerprint density at radius 1 is 0.914 bits per heavy atom. The molecule has 2 atom stereocenters. The number of carbonyl (C=O) groups excluding carboxylic acids is 2. The minimum Gasteiger partial charge on any atom is -0.326 e. The topological polar surface area (TPSA) is 49.4 Å². The highest BCUT2D eigenvalue weighted by molar-refractivity contribution is 6.53. The van der Waals surface area contributed by atoms with Crippen LogP contribution < -0.4 is 10.2 Å². The molecule has 35 heavy (non-hydrogen) atoms. The van der Waals surface area contributed by atoms with Crippen LogP contribution in [0.2, 0.25) is 15.1 Å². The molecule has 1 fully saturated rings. The number of halogens is 7. The van der Waals surface area contributed by atoms with Gasteiger partial charge in [-0.3, -0.25) is 9.59 Å². The fraction of sp³-hybridized carbons (Fsp3) is 0.167. The zero-order valence-corrected chi connectivity index (χ0v) is 21.5. The highest BCUT2D eigenvalue weighted by Gasteiger charge is 2.67. The summed E-state index contributed by atoms with van der Waals surface area (Å²) in [4.78, 5) is 27.0. The first-order valence-corrected chi connectivity index (χ1v) is 12.0. The van der Waals surface area contributed by atoms with Crippen LogP contribution in [0.15, 0.2) is 54.6 Å². The molecule has 3 aromatic carbocycles. The molecule has 11 heteroatoms. The van der Waals surface area contributed by atoms with Gasteiger partial charge in [0, 0.05) is 24.7 Å². The molecule has 0 bridgehead atoms. The van der Waals surface area contributed by atoms with Crippen LogP contribution >= 0.6 is 58.0 Å². The molecular weight excluding hydrogens is 564 g/mol. The summed E-state index contributed by atoms with van der Waals surface area (Å²) < 4.78 is 26.0. The largest absolute Gasteiger partial charge is 0.326 e. The lowest BCUT2D eigenvalue weighted by atomic mass is 10.1. The number of anilines is 2. The Morgan fingerprint density at radius 3 is 2.26 bits per heavy atom. The maximum atomic E-state index is 14.2. The quantitative estimate of drug-likeness (QED) is 0.315.